The molecule has 11 heteroatoms. The van der Waals surface area contributed by atoms with E-state index in [4.69, 9.17) is 0 Å². The molecule has 0 radical (unpaired) electrons. The van der Waals surface area contributed by atoms with E-state index in [1.165, 1.54) is 17.4 Å². The maximum atomic E-state index is 15.2. The fraction of sp³-hybridized carbons (Fsp3) is 0.522. The van der Waals surface area contributed by atoms with E-state index in [0.29, 0.717) is 24.4 Å². The number of nitrogens with zero attached hydrogens (tertiary/aromatic N) is 2. The normalized spacial score (nSPS) is 25.8. The minimum atomic E-state index is -4.55. The number of hydrogen-bond acceptors (Lipinski definition) is 5. The van der Waals surface area contributed by atoms with Crippen molar-refractivity contribution in [3.8, 4) is 0 Å². The Kier molecular flexibility index (Phi) is 7.22. The average Bonchev–Trinajstić information content (AvgIpc) is 3.51. The first-order valence-electron chi connectivity index (χ1n) is 11.2. The summed E-state index contributed by atoms with van der Waals surface area (Å²) in [4.78, 5) is 30.9. The second-order valence-corrected chi connectivity index (χ2v) is 9.74. The van der Waals surface area contributed by atoms with E-state index in [0.717, 1.165) is 44.0 Å². The number of likely N-dealkylation sites (tertiary alicyclic amines) is 1. The number of halogens is 4. The molecule has 1 atom stereocenters. The molecule has 1 unspecified atom stereocenters. The van der Waals surface area contributed by atoms with Crippen molar-refractivity contribution in [2.24, 2.45) is 0 Å². The maximum Gasteiger partial charge on any atom is 0.416 e. The van der Waals surface area contributed by atoms with Crippen molar-refractivity contribution in [3.63, 3.8) is 0 Å². The molecule has 1 saturated heterocycles. The summed E-state index contributed by atoms with van der Waals surface area (Å²) >= 11 is 1.35. The van der Waals surface area contributed by atoms with Gasteiger partial charge in [-0.3, -0.25) is 14.5 Å². The van der Waals surface area contributed by atoms with E-state index in [9.17, 15) is 22.8 Å². The predicted molar refractivity (Wildman–Crippen MR) is 119 cm³/mol. The van der Waals surface area contributed by atoms with Crippen LogP contribution in [0, 0.1) is 0 Å². The molecule has 0 spiro atoms. The van der Waals surface area contributed by atoms with Crippen molar-refractivity contribution in [2.45, 2.75) is 56.0 Å². The fourth-order valence-corrected chi connectivity index (χ4v) is 5.49. The quantitative estimate of drug-likeness (QED) is 0.593. The Labute approximate surface area is 198 Å². The standard InChI is InChI=1S/C23H26F4N4O2S/c24-22(21-28-9-11-34-21)7-4-18(5-8-22)31-10-6-17(14-31)30-19(32)13-29-20(33)15-2-1-3-16(12-15)23(25,26)27/h1-3,9,11-12,17-18H,4-8,10,13-14H2,(H,29,33)(H,30,32). The summed E-state index contributed by atoms with van der Waals surface area (Å²) in [6, 6.07) is 4.23. The molecule has 184 valence electrons. The molecular formula is C23H26F4N4O2S. The van der Waals surface area contributed by atoms with E-state index in [1.807, 2.05) is 0 Å². The van der Waals surface area contributed by atoms with Crippen LogP contribution in [-0.4, -0.2) is 53.4 Å². The highest BCUT2D eigenvalue weighted by atomic mass is 32.1. The van der Waals surface area contributed by atoms with Gasteiger partial charge in [0.05, 0.1) is 12.1 Å². The van der Waals surface area contributed by atoms with Gasteiger partial charge in [-0.05, 0) is 50.3 Å². The van der Waals surface area contributed by atoms with Gasteiger partial charge >= 0.3 is 6.18 Å². The van der Waals surface area contributed by atoms with Crippen molar-refractivity contribution in [1.29, 1.82) is 0 Å². The molecule has 2 aliphatic rings. The molecule has 6 nitrogen and oxygen atoms in total. The number of aromatic nitrogens is 1. The molecule has 1 aromatic carbocycles. The van der Waals surface area contributed by atoms with E-state index in [2.05, 4.69) is 20.5 Å². The second kappa shape index (κ2) is 9.99. The summed E-state index contributed by atoms with van der Waals surface area (Å²) in [5.41, 5.74) is -2.43. The summed E-state index contributed by atoms with van der Waals surface area (Å²) in [5, 5.41) is 7.58. The topological polar surface area (TPSA) is 74.3 Å². The number of hydrogen-bond donors (Lipinski definition) is 2. The third kappa shape index (κ3) is 5.75. The van der Waals surface area contributed by atoms with Gasteiger partial charge in [-0.2, -0.15) is 13.2 Å². The highest BCUT2D eigenvalue weighted by Crippen LogP contribution is 2.43. The maximum absolute atomic E-state index is 15.2. The molecular weight excluding hydrogens is 472 g/mol. The van der Waals surface area contributed by atoms with Gasteiger partial charge in [0.15, 0.2) is 5.67 Å². The number of alkyl halides is 4. The van der Waals surface area contributed by atoms with Gasteiger partial charge in [0.2, 0.25) is 5.91 Å². The van der Waals surface area contributed by atoms with Crippen LogP contribution >= 0.6 is 11.3 Å². The Morgan fingerprint density at radius 1 is 1.21 bits per heavy atom. The van der Waals surface area contributed by atoms with Crippen molar-refractivity contribution in [3.05, 3.63) is 52.0 Å². The van der Waals surface area contributed by atoms with Crippen LogP contribution in [0.25, 0.3) is 0 Å². The SMILES string of the molecule is O=C(CNC(=O)c1cccc(C(F)(F)F)c1)NC1CCN(C2CCC(F)(c3nccs3)CC2)C1. The number of rotatable bonds is 6. The number of benzene rings is 1. The molecule has 34 heavy (non-hydrogen) atoms. The number of nitrogens with one attached hydrogen (secondary N) is 2. The predicted octanol–water partition coefficient (Wildman–Crippen LogP) is 3.89. The van der Waals surface area contributed by atoms with E-state index >= 15 is 4.39 Å². The smallest absolute Gasteiger partial charge is 0.350 e. The first kappa shape index (κ1) is 24.6. The highest BCUT2D eigenvalue weighted by Gasteiger charge is 2.41. The van der Waals surface area contributed by atoms with Crippen LogP contribution < -0.4 is 10.6 Å². The Morgan fingerprint density at radius 2 is 1.97 bits per heavy atom. The van der Waals surface area contributed by atoms with Gasteiger partial charge in [-0.25, -0.2) is 9.37 Å². The number of carbonyl (C=O) groups excluding carboxylic acids is 2. The van der Waals surface area contributed by atoms with E-state index in [-0.39, 0.29) is 24.2 Å². The molecule has 2 N–H and O–H groups in total. The third-order valence-electron chi connectivity index (χ3n) is 6.53. The molecule has 4 rings (SSSR count). The lowest BCUT2D eigenvalue weighted by Gasteiger charge is -2.37. The molecule has 1 saturated carbocycles. The zero-order chi connectivity index (χ0) is 24.3. The Morgan fingerprint density at radius 3 is 2.65 bits per heavy atom. The van der Waals surface area contributed by atoms with Crippen LogP contribution in [0.15, 0.2) is 35.8 Å². The first-order valence-corrected chi connectivity index (χ1v) is 12.1. The second-order valence-electron chi connectivity index (χ2n) is 8.84. The minimum absolute atomic E-state index is 0.0889. The highest BCUT2D eigenvalue weighted by molar-refractivity contribution is 7.09. The van der Waals surface area contributed by atoms with Gasteiger partial charge in [0.25, 0.3) is 5.91 Å². The molecule has 1 aliphatic carbocycles. The van der Waals surface area contributed by atoms with Gasteiger partial charge in [0, 0.05) is 42.3 Å². The van der Waals surface area contributed by atoms with Crippen molar-refractivity contribution < 1.29 is 27.2 Å². The summed E-state index contributed by atoms with van der Waals surface area (Å²) in [6.07, 6.45) is 0.140. The van der Waals surface area contributed by atoms with Gasteiger partial charge < -0.3 is 10.6 Å². The Hall–Kier alpha value is -2.53. The molecule has 2 aromatic rings. The lowest BCUT2D eigenvalue weighted by Crippen LogP contribution is -2.45. The van der Waals surface area contributed by atoms with Crippen LogP contribution in [0.5, 0.6) is 0 Å². The number of amides is 2. The van der Waals surface area contributed by atoms with Crippen LogP contribution in [-0.2, 0) is 16.6 Å². The summed E-state index contributed by atoms with van der Waals surface area (Å²) in [7, 11) is 0. The van der Waals surface area contributed by atoms with Gasteiger partial charge in [-0.1, -0.05) is 6.07 Å². The summed E-state index contributed by atoms with van der Waals surface area (Å²) in [6.45, 7) is 1.12. The van der Waals surface area contributed by atoms with Gasteiger partial charge in [0.1, 0.15) is 5.01 Å². The molecule has 0 bridgehead atoms. The van der Waals surface area contributed by atoms with Crippen molar-refractivity contribution >= 4 is 23.2 Å². The monoisotopic (exact) mass is 498 g/mol. The van der Waals surface area contributed by atoms with Crippen LogP contribution in [0.3, 0.4) is 0 Å². The fourth-order valence-electron chi connectivity index (χ4n) is 4.70. The molecule has 1 aromatic heterocycles. The average molecular weight is 499 g/mol. The van der Waals surface area contributed by atoms with E-state index in [1.54, 1.807) is 11.6 Å². The molecule has 2 amide bonds. The Balaban J connectivity index is 1.21. The molecule has 1 aliphatic heterocycles. The zero-order valence-corrected chi connectivity index (χ0v) is 19.2. The first-order chi connectivity index (χ1) is 16.1. The largest absolute Gasteiger partial charge is 0.416 e. The summed E-state index contributed by atoms with van der Waals surface area (Å²) in [5.74, 6) is -1.14. The van der Waals surface area contributed by atoms with Gasteiger partial charge in [-0.15, -0.1) is 11.3 Å². The van der Waals surface area contributed by atoms with Crippen LogP contribution in [0.1, 0.15) is 53.0 Å². The number of thiazole rings is 1. The molecule has 2 heterocycles. The van der Waals surface area contributed by atoms with Crippen LogP contribution in [0.2, 0.25) is 0 Å². The lowest BCUT2D eigenvalue weighted by atomic mass is 9.83. The lowest BCUT2D eigenvalue weighted by molar-refractivity contribution is -0.137. The van der Waals surface area contributed by atoms with Crippen molar-refractivity contribution in [1.82, 2.24) is 20.5 Å². The van der Waals surface area contributed by atoms with E-state index < -0.39 is 29.2 Å². The molecule has 2 fully saturated rings. The third-order valence-corrected chi connectivity index (χ3v) is 7.48. The zero-order valence-electron chi connectivity index (χ0n) is 18.4. The van der Waals surface area contributed by atoms with Crippen molar-refractivity contribution in [2.75, 3.05) is 19.6 Å². The summed E-state index contributed by atoms with van der Waals surface area (Å²) < 4.78 is 53.6. The minimum Gasteiger partial charge on any atom is -0.350 e. The van der Waals surface area contributed by atoms with Crippen LogP contribution in [0.4, 0.5) is 17.6 Å². The Bertz CT molecular complexity index is 1010. The number of carbonyl (C=O) groups is 2.